The minimum Gasteiger partial charge on any atom is -0.484 e. The van der Waals surface area contributed by atoms with Crippen LogP contribution in [0.15, 0.2) is 42.5 Å². The Morgan fingerprint density at radius 1 is 1.11 bits per heavy atom. The van der Waals surface area contributed by atoms with Gasteiger partial charge in [0.05, 0.1) is 13.2 Å². The van der Waals surface area contributed by atoms with Crippen LogP contribution in [0.4, 0.5) is 5.69 Å². The molecular weight excluding hydrogens is 360 g/mol. The Morgan fingerprint density at radius 3 is 2.48 bits per heavy atom. The van der Waals surface area contributed by atoms with Gasteiger partial charge in [-0.05, 0) is 61.4 Å². The van der Waals surface area contributed by atoms with Crippen LogP contribution in [0.25, 0.3) is 0 Å². The summed E-state index contributed by atoms with van der Waals surface area (Å²) in [4.78, 5) is 15.0. The maximum atomic E-state index is 12.1. The summed E-state index contributed by atoms with van der Waals surface area (Å²) in [7, 11) is 0. The summed E-state index contributed by atoms with van der Waals surface area (Å²) in [6, 6.07) is 13.4. The largest absolute Gasteiger partial charge is 0.484 e. The van der Waals surface area contributed by atoms with Gasteiger partial charge in [0.1, 0.15) is 10.7 Å². The molecule has 3 rings (SSSR count). The van der Waals surface area contributed by atoms with E-state index < -0.39 is 0 Å². The van der Waals surface area contributed by atoms with E-state index >= 15 is 0 Å². The summed E-state index contributed by atoms with van der Waals surface area (Å²) in [5, 5.41) is 2.85. The van der Waals surface area contributed by atoms with Crippen LogP contribution in [0.5, 0.6) is 5.75 Å². The molecule has 0 unspecified atom stereocenters. The van der Waals surface area contributed by atoms with Gasteiger partial charge in [0.25, 0.3) is 5.91 Å². The third-order valence-corrected chi connectivity index (χ3v) is 5.05. The number of ether oxygens (including phenoxy) is 2. The van der Waals surface area contributed by atoms with Crippen molar-refractivity contribution in [1.82, 2.24) is 4.90 Å². The second kappa shape index (κ2) is 8.97. The fraction of sp³-hybridized carbons (Fsp3) is 0.333. The summed E-state index contributed by atoms with van der Waals surface area (Å²) >= 11 is 5.55. The van der Waals surface area contributed by atoms with Crippen LogP contribution >= 0.6 is 12.2 Å². The van der Waals surface area contributed by atoms with E-state index in [1.165, 1.54) is 5.56 Å². The van der Waals surface area contributed by atoms with E-state index in [1.807, 2.05) is 56.3 Å². The number of rotatable bonds is 5. The van der Waals surface area contributed by atoms with Gasteiger partial charge in [-0.25, -0.2) is 0 Å². The van der Waals surface area contributed by atoms with Crippen LogP contribution in [-0.4, -0.2) is 48.7 Å². The molecule has 2 aromatic rings. The first-order chi connectivity index (χ1) is 13.0. The van der Waals surface area contributed by atoms with E-state index in [0.29, 0.717) is 19.0 Å². The number of nitrogens with zero attached hydrogens (tertiary/aromatic N) is 1. The minimum absolute atomic E-state index is 0.0415. The molecule has 0 spiro atoms. The average molecular weight is 385 g/mol. The Morgan fingerprint density at radius 2 is 1.81 bits per heavy atom. The number of amides is 1. The zero-order chi connectivity index (χ0) is 19.2. The van der Waals surface area contributed by atoms with Gasteiger partial charge >= 0.3 is 0 Å². The van der Waals surface area contributed by atoms with E-state index in [-0.39, 0.29) is 12.5 Å². The number of nitrogens with one attached hydrogen (secondary N) is 1. The highest BCUT2D eigenvalue weighted by Gasteiger charge is 2.15. The molecule has 1 N–H and O–H groups in total. The first-order valence-corrected chi connectivity index (χ1v) is 9.41. The highest BCUT2D eigenvalue weighted by molar-refractivity contribution is 7.80. The normalized spacial score (nSPS) is 13.9. The number of anilines is 1. The van der Waals surface area contributed by atoms with Gasteiger partial charge in [-0.1, -0.05) is 18.3 Å². The molecule has 6 heteroatoms. The Hall–Kier alpha value is -2.44. The SMILES string of the molecule is Cc1ccc(NC(=O)COc2ccc(C(=S)N3CCOCC3)cc2)cc1C. The molecular formula is C21H24N2O3S. The molecule has 142 valence electrons. The Bertz CT molecular complexity index is 815. The fourth-order valence-corrected chi connectivity index (χ4v) is 3.13. The lowest BCUT2D eigenvalue weighted by Gasteiger charge is -2.29. The number of aryl methyl sites for hydroxylation is 2. The molecule has 27 heavy (non-hydrogen) atoms. The Balaban J connectivity index is 1.51. The van der Waals surface area contributed by atoms with Gasteiger partial charge in [0, 0.05) is 24.3 Å². The zero-order valence-corrected chi connectivity index (χ0v) is 16.5. The predicted molar refractivity (Wildman–Crippen MR) is 111 cm³/mol. The maximum absolute atomic E-state index is 12.1. The second-order valence-electron chi connectivity index (χ2n) is 6.56. The Labute approximate surface area is 165 Å². The van der Waals surface area contributed by atoms with E-state index in [2.05, 4.69) is 10.2 Å². The van der Waals surface area contributed by atoms with Gasteiger partial charge in [0.2, 0.25) is 0 Å². The van der Waals surface area contributed by atoms with Crippen LogP contribution in [0, 0.1) is 13.8 Å². The molecule has 1 saturated heterocycles. The van der Waals surface area contributed by atoms with Gasteiger partial charge < -0.3 is 19.7 Å². The number of morpholine rings is 1. The second-order valence-corrected chi connectivity index (χ2v) is 6.95. The number of carbonyl (C=O) groups excluding carboxylic acids is 1. The van der Waals surface area contributed by atoms with Gasteiger partial charge in [-0.2, -0.15) is 0 Å². The number of hydrogen-bond acceptors (Lipinski definition) is 4. The molecule has 1 fully saturated rings. The number of thiocarbonyl (C=S) groups is 1. The quantitative estimate of drug-likeness (QED) is 0.802. The number of carbonyl (C=O) groups is 1. The van der Waals surface area contributed by atoms with E-state index in [1.54, 1.807) is 0 Å². The minimum atomic E-state index is -0.189. The molecule has 0 bridgehead atoms. The highest BCUT2D eigenvalue weighted by Crippen LogP contribution is 2.16. The lowest BCUT2D eigenvalue weighted by Crippen LogP contribution is -2.40. The summed E-state index contributed by atoms with van der Waals surface area (Å²) < 4.78 is 10.9. The van der Waals surface area contributed by atoms with Crippen molar-refractivity contribution < 1.29 is 14.3 Å². The number of hydrogen-bond donors (Lipinski definition) is 1. The van der Waals surface area contributed by atoms with E-state index in [0.717, 1.165) is 34.9 Å². The lowest BCUT2D eigenvalue weighted by atomic mass is 10.1. The molecule has 0 atom stereocenters. The summed E-state index contributed by atoms with van der Waals surface area (Å²) in [6.45, 7) is 7.06. The van der Waals surface area contributed by atoms with Crippen LogP contribution in [0.2, 0.25) is 0 Å². The summed E-state index contributed by atoms with van der Waals surface area (Å²) in [6.07, 6.45) is 0. The topological polar surface area (TPSA) is 50.8 Å². The first kappa shape index (κ1) is 19.3. The standard InChI is InChI=1S/C21H24N2O3S/c1-15-3-6-18(13-16(15)2)22-20(24)14-26-19-7-4-17(5-8-19)21(27)23-9-11-25-12-10-23/h3-8,13H,9-12,14H2,1-2H3,(H,22,24). The fourth-order valence-electron chi connectivity index (χ4n) is 2.81. The van der Waals surface area contributed by atoms with Crippen molar-refractivity contribution in [1.29, 1.82) is 0 Å². The molecule has 1 aliphatic rings. The van der Waals surface area contributed by atoms with Crippen molar-refractivity contribution in [3.05, 3.63) is 59.2 Å². The van der Waals surface area contributed by atoms with Crippen molar-refractivity contribution in [3.63, 3.8) is 0 Å². The lowest BCUT2D eigenvalue weighted by molar-refractivity contribution is -0.118. The predicted octanol–water partition coefficient (Wildman–Crippen LogP) is 3.33. The number of benzene rings is 2. The smallest absolute Gasteiger partial charge is 0.262 e. The van der Waals surface area contributed by atoms with Crippen LogP contribution < -0.4 is 10.1 Å². The first-order valence-electron chi connectivity index (χ1n) is 9.00. The van der Waals surface area contributed by atoms with E-state index in [4.69, 9.17) is 21.7 Å². The average Bonchev–Trinajstić information content (AvgIpc) is 2.70. The van der Waals surface area contributed by atoms with E-state index in [9.17, 15) is 4.79 Å². The molecule has 0 aromatic heterocycles. The molecule has 0 saturated carbocycles. The molecule has 2 aromatic carbocycles. The molecule has 1 heterocycles. The van der Waals surface area contributed by atoms with Crippen molar-refractivity contribution in [2.24, 2.45) is 0 Å². The van der Waals surface area contributed by atoms with Gasteiger partial charge in [-0.15, -0.1) is 0 Å². The summed E-state index contributed by atoms with van der Waals surface area (Å²) in [5.74, 6) is 0.449. The summed E-state index contributed by atoms with van der Waals surface area (Å²) in [5.41, 5.74) is 4.08. The van der Waals surface area contributed by atoms with Crippen LogP contribution in [0.3, 0.4) is 0 Å². The highest BCUT2D eigenvalue weighted by atomic mass is 32.1. The molecule has 1 amide bonds. The molecule has 0 radical (unpaired) electrons. The maximum Gasteiger partial charge on any atom is 0.262 e. The van der Waals surface area contributed by atoms with Crippen molar-refractivity contribution >= 4 is 28.8 Å². The zero-order valence-electron chi connectivity index (χ0n) is 15.7. The van der Waals surface area contributed by atoms with Gasteiger partial charge in [-0.3, -0.25) is 4.79 Å². The van der Waals surface area contributed by atoms with Crippen LogP contribution in [0.1, 0.15) is 16.7 Å². The molecule has 5 nitrogen and oxygen atoms in total. The van der Waals surface area contributed by atoms with Crippen molar-refractivity contribution in [3.8, 4) is 5.75 Å². The monoisotopic (exact) mass is 384 g/mol. The third kappa shape index (κ3) is 5.28. The Kier molecular flexibility index (Phi) is 6.42. The third-order valence-electron chi connectivity index (χ3n) is 4.56. The molecule has 0 aliphatic carbocycles. The van der Waals surface area contributed by atoms with Crippen LogP contribution in [-0.2, 0) is 9.53 Å². The molecule has 1 aliphatic heterocycles. The van der Waals surface area contributed by atoms with Gasteiger partial charge in [0.15, 0.2) is 6.61 Å². The van der Waals surface area contributed by atoms with Crippen molar-refractivity contribution in [2.45, 2.75) is 13.8 Å². The van der Waals surface area contributed by atoms with Crippen molar-refractivity contribution in [2.75, 3.05) is 38.2 Å².